The number of nitrogens with two attached hydrogens (primary N) is 1. The van der Waals surface area contributed by atoms with Gasteiger partial charge in [-0.1, -0.05) is 32.0 Å². The number of oxazole rings is 1. The molecule has 0 atom stereocenters. The molecule has 5 heteroatoms. The SMILES string of the molecule is CC(C)(C)c1nc2cc(-c3cnoc3N)ccc2o1. The van der Waals surface area contributed by atoms with Crippen molar-refractivity contribution in [3.05, 3.63) is 30.3 Å². The molecule has 0 spiro atoms. The summed E-state index contributed by atoms with van der Waals surface area (Å²) in [4.78, 5) is 4.53. The number of nitrogens with zero attached hydrogens (tertiary/aromatic N) is 2. The van der Waals surface area contributed by atoms with E-state index in [4.69, 9.17) is 14.7 Å². The van der Waals surface area contributed by atoms with E-state index in [-0.39, 0.29) is 5.41 Å². The van der Waals surface area contributed by atoms with Crippen LogP contribution in [0.3, 0.4) is 0 Å². The summed E-state index contributed by atoms with van der Waals surface area (Å²) in [6.45, 7) is 6.20. The van der Waals surface area contributed by atoms with E-state index in [0.717, 1.165) is 28.1 Å². The van der Waals surface area contributed by atoms with Gasteiger partial charge >= 0.3 is 0 Å². The molecular formula is C14H15N3O2. The van der Waals surface area contributed by atoms with E-state index in [2.05, 4.69) is 30.9 Å². The summed E-state index contributed by atoms with van der Waals surface area (Å²) in [6, 6.07) is 5.74. The molecule has 0 saturated carbocycles. The third kappa shape index (κ3) is 1.97. The largest absolute Gasteiger partial charge is 0.440 e. The smallest absolute Gasteiger partial charge is 0.229 e. The van der Waals surface area contributed by atoms with Gasteiger partial charge in [0.2, 0.25) is 11.8 Å². The average Bonchev–Trinajstić information content (AvgIpc) is 2.92. The number of benzene rings is 1. The highest BCUT2D eigenvalue weighted by Gasteiger charge is 2.21. The van der Waals surface area contributed by atoms with E-state index in [0.29, 0.717) is 5.88 Å². The quantitative estimate of drug-likeness (QED) is 0.723. The van der Waals surface area contributed by atoms with Crippen LogP contribution in [0, 0.1) is 0 Å². The molecule has 0 unspecified atom stereocenters. The van der Waals surface area contributed by atoms with Gasteiger partial charge in [0.1, 0.15) is 5.52 Å². The standard InChI is InChI=1S/C14H15N3O2/c1-14(2,3)13-17-10-6-8(4-5-11(10)18-13)9-7-16-19-12(9)15/h4-7H,15H2,1-3H3. The highest BCUT2D eigenvalue weighted by molar-refractivity contribution is 5.82. The minimum absolute atomic E-state index is 0.116. The molecule has 0 amide bonds. The van der Waals surface area contributed by atoms with E-state index in [1.807, 2.05) is 18.2 Å². The number of nitrogen functional groups attached to an aromatic ring is 1. The van der Waals surface area contributed by atoms with Gasteiger partial charge in [-0.05, 0) is 17.7 Å². The average molecular weight is 257 g/mol. The first-order valence-corrected chi connectivity index (χ1v) is 6.07. The van der Waals surface area contributed by atoms with Gasteiger partial charge < -0.3 is 14.7 Å². The highest BCUT2D eigenvalue weighted by atomic mass is 16.5. The Balaban J connectivity index is 2.14. The second-order valence-corrected chi connectivity index (χ2v) is 5.56. The number of hydrogen-bond donors (Lipinski definition) is 1. The summed E-state index contributed by atoms with van der Waals surface area (Å²) < 4.78 is 10.6. The van der Waals surface area contributed by atoms with Crippen LogP contribution in [0.4, 0.5) is 5.88 Å². The van der Waals surface area contributed by atoms with Crippen LogP contribution in [-0.2, 0) is 5.41 Å². The van der Waals surface area contributed by atoms with Gasteiger partial charge in [0.15, 0.2) is 5.58 Å². The van der Waals surface area contributed by atoms with Gasteiger partial charge in [-0.2, -0.15) is 0 Å². The number of anilines is 1. The normalized spacial score (nSPS) is 12.2. The summed E-state index contributed by atoms with van der Waals surface area (Å²) in [5.74, 6) is 1.02. The molecule has 0 fully saturated rings. The summed E-state index contributed by atoms with van der Waals surface area (Å²) in [6.07, 6.45) is 1.60. The van der Waals surface area contributed by atoms with Gasteiger partial charge in [0.05, 0.1) is 11.8 Å². The molecule has 1 aromatic carbocycles. The Kier molecular flexibility index (Phi) is 2.38. The Hall–Kier alpha value is -2.30. The van der Waals surface area contributed by atoms with Crippen molar-refractivity contribution in [3.63, 3.8) is 0 Å². The highest BCUT2D eigenvalue weighted by Crippen LogP contribution is 2.31. The zero-order chi connectivity index (χ0) is 13.6. The molecular weight excluding hydrogens is 242 g/mol. The molecule has 0 aliphatic heterocycles. The fraction of sp³-hybridized carbons (Fsp3) is 0.286. The van der Waals surface area contributed by atoms with E-state index in [1.165, 1.54) is 0 Å². The van der Waals surface area contributed by atoms with Gasteiger partial charge in [-0.15, -0.1) is 0 Å². The molecule has 0 saturated heterocycles. The fourth-order valence-corrected chi connectivity index (χ4v) is 1.88. The summed E-state index contributed by atoms with van der Waals surface area (Å²) in [5, 5.41) is 3.68. The Morgan fingerprint density at radius 1 is 1.21 bits per heavy atom. The summed E-state index contributed by atoms with van der Waals surface area (Å²) >= 11 is 0. The van der Waals surface area contributed by atoms with Crippen LogP contribution in [0.5, 0.6) is 0 Å². The zero-order valence-corrected chi connectivity index (χ0v) is 11.1. The minimum Gasteiger partial charge on any atom is -0.440 e. The number of fused-ring (bicyclic) bond motifs is 1. The maximum absolute atomic E-state index is 5.75. The lowest BCUT2D eigenvalue weighted by Gasteiger charge is -2.11. The Morgan fingerprint density at radius 2 is 2.00 bits per heavy atom. The van der Waals surface area contributed by atoms with Crippen molar-refractivity contribution in [2.75, 3.05) is 5.73 Å². The molecule has 0 aliphatic carbocycles. The van der Waals surface area contributed by atoms with Gasteiger partial charge in [0, 0.05) is 5.41 Å². The lowest BCUT2D eigenvalue weighted by molar-refractivity contribution is 0.411. The fourth-order valence-electron chi connectivity index (χ4n) is 1.88. The van der Waals surface area contributed by atoms with Crippen molar-refractivity contribution < 1.29 is 8.94 Å². The molecule has 2 aromatic heterocycles. The second kappa shape index (κ2) is 3.85. The van der Waals surface area contributed by atoms with Gasteiger partial charge in [0.25, 0.3) is 0 Å². The van der Waals surface area contributed by atoms with E-state index < -0.39 is 0 Å². The predicted molar refractivity (Wildman–Crippen MR) is 72.6 cm³/mol. The maximum atomic E-state index is 5.75. The first-order chi connectivity index (χ1) is 8.95. The van der Waals surface area contributed by atoms with Crippen LogP contribution in [0.1, 0.15) is 26.7 Å². The minimum atomic E-state index is -0.116. The first kappa shape index (κ1) is 11.8. The molecule has 5 nitrogen and oxygen atoms in total. The predicted octanol–water partition coefficient (Wildman–Crippen LogP) is 3.36. The van der Waals surface area contributed by atoms with Crippen molar-refractivity contribution in [1.82, 2.24) is 10.1 Å². The zero-order valence-electron chi connectivity index (χ0n) is 11.1. The van der Waals surface area contributed by atoms with Crippen LogP contribution >= 0.6 is 0 Å². The van der Waals surface area contributed by atoms with Crippen molar-refractivity contribution in [1.29, 1.82) is 0 Å². The van der Waals surface area contributed by atoms with Crippen LogP contribution in [-0.4, -0.2) is 10.1 Å². The molecule has 3 aromatic rings. The summed E-state index contributed by atoms with van der Waals surface area (Å²) in [5.41, 5.74) is 8.86. The Labute approximate surface area is 110 Å². The number of aromatic nitrogens is 2. The van der Waals surface area contributed by atoms with Crippen LogP contribution < -0.4 is 5.73 Å². The Morgan fingerprint density at radius 3 is 2.63 bits per heavy atom. The van der Waals surface area contributed by atoms with Crippen molar-refractivity contribution in [3.8, 4) is 11.1 Å². The maximum Gasteiger partial charge on any atom is 0.229 e. The van der Waals surface area contributed by atoms with Crippen LogP contribution in [0.2, 0.25) is 0 Å². The molecule has 2 heterocycles. The number of hydrogen-bond acceptors (Lipinski definition) is 5. The van der Waals surface area contributed by atoms with Crippen molar-refractivity contribution in [2.45, 2.75) is 26.2 Å². The van der Waals surface area contributed by atoms with E-state index in [1.54, 1.807) is 6.20 Å². The first-order valence-electron chi connectivity index (χ1n) is 6.07. The topological polar surface area (TPSA) is 78.1 Å². The molecule has 98 valence electrons. The van der Waals surface area contributed by atoms with E-state index in [9.17, 15) is 0 Å². The second-order valence-electron chi connectivity index (χ2n) is 5.56. The third-order valence-corrected chi connectivity index (χ3v) is 2.94. The van der Waals surface area contributed by atoms with Crippen LogP contribution in [0.15, 0.2) is 33.3 Å². The lowest BCUT2D eigenvalue weighted by atomic mass is 9.97. The molecule has 0 bridgehead atoms. The van der Waals surface area contributed by atoms with Crippen LogP contribution in [0.25, 0.3) is 22.2 Å². The monoisotopic (exact) mass is 257 g/mol. The van der Waals surface area contributed by atoms with Gasteiger partial charge in [-0.25, -0.2) is 4.98 Å². The molecule has 3 rings (SSSR count). The molecule has 0 aliphatic rings. The van der Waals surface area contributed by atoms with Crippen molar-refractivity contribution in [2.24, 2.45) is 0 Å². The van der Waals surface area contributed by atoms with E-state index >= 15 is 0 Å². The summed E-state index contributed by atoms with van der Waals surface area (Å²) in [7, 11) is 0. The third-order valence-electron chi connectivity index (χ3n) is 2.94. The van der Waals surface area contributed by atoms with Crippen molar-refractivity contribution >= 4 is 17.0 Å². The molecule has 2 N–H and O–H groups in total. The van der Waals surface area contributed by atoms with Gasteiger partial charge in [-0.3, -0.25) is 0 Å². The lowest BCUT2D eigenvalue weighted by Crippen LogP contribution is -2.10. The number of rotatable bonds is 1. The molecule has 19 heavy (non-hydrogen) atoms. The molecule has 0 radical (unpaired) electrons. The Bertz CT molecular complexity index is 735.